The molecule has 0 amide bonds. The molecule has 1 aromatic carbocycles. The third kappa shape index (κ3) is 0.877. The molecule has 4 nitrogen and oxygen atoms in total. The van der Waals surface area contributed by atoms with Crippen LogP contribution in [0.25, 0.3) is 21.9 Å². The summed E-state index contributed by atoms with van der Waals surface area (Å²) in [4.78, 5) is 4.31. The second-order valence-corrected chi connectivity index (χ2v) is 3.10. The maximum Gasteiger partial charge on any atom is 0.231 e. The van der Waals surface area contributed by atoms with Gasteiger partial charge in [-0.2, -0.15) is 0 Å². The van der Waals surface area contributed by atoms with Crippen LogP contribution in [-0.4, -0.2) is 10.1 Å². The van der Waals surface area contributed by atoms with Crippen molar-refractivity contribution < 1.29 is 4.52 Å². The van der Waals surface area contributed by atoms with Gasteiger partial charge in [-0.15, -0.1) is 0 Å². The Bertz CT molecular complexity index is 615. The molecule has 0 saturated heterocycles. The van der Waals surface area contributed by atoms with Gasteiger partial charge in [-0.05, 0) is 12.1 Å². The van der Waals surface area contributed by atoms with E-state index in [2.05, 4.69) is 10.1 Å². The van der Waals surface area contributed by atoms with E-state index >= 15 is 0 Å². The average Bonchev–Trinajstić information content (AvgIpc) is 2.57. The molecule has 2 heterocycles. The van der Waals surface area contributed by atoms with Crippen LogP contribution in [0.5, 0.6) is 0 Å². The standard InChI is InChI=1S/C10H7N3O/c11-9-7-5-6-3-1-2-4-8(6)12-10(7)13-14-9/h1-5H,11H2. The van der Waals surface area contributed by atoms with Gasteiger partial charge >= 0.3 is 0 Å². The van der Waals surface area contributed by atoms with E-state index in [4.69, 9.17) is 10.3 Å². The molecule has 3 rings (SSSR count). The molecule has 0 spiro atoms. The van der Waals surface area contributed by atoms with Crippen LogP contribution in [0.2, 0.25) is 0 Å². The van der Waals surface area contributed by atoms with Gasteiger partial charge in [-0.25, -0.2) is 4.98 Å². The minimum atomic E-state index is 0.318. The van der Waals surface area contributed by atoms with E-state index in [1.165, 1.54) is 0 Å². The van der Waals surface area contributed by atoms with Crippen molar-refractivity contribution in [3.05, 3.63) is 30.3 Å². The number of hydrogen-bond donors (Lipinski definition) is 1. The third-order valence-electron chi connectivity index (χ3n) is 2.20. The van der Waals surface area contributed by atoms with Gasteiger partial charge < -0.3 is 10.3 Å². The highest BCUT2D eigenvalue weighted by Gasteiger charge is 2.06. The number of aromatic nitrogens is 2. The Morgan fingerprint density at radius 3 is 3.00 bits per heavy atom. The van der Waals surface area contributed by atoms with Crippen LogP contribution in [0.4, 0.5) is 5.88 Å². The first-order valence-corrected chi connectivity index (χ1v) is 4.25. The van der Waals surface area contributed by atoms with Crippen molar-refractivity contribution in [1.82, 2.24) is 10.1 Å². The lowest BCUT2D eigenvalue weighted by Gasteiger charge is -1.94. The van der Waals surface area contributed by atoms with Crippen LogP contribution in [0.1, 0.15) is 0 Å². The van der Waals surface area contributed by atoms with Gasteiger partial charge in [-0.3, -0.25) is 0 Å². The second-order valence-electron chi connectivity index (χ2n) is 3.10. The van der Waals surface area contributed by atoms with Crippen molar-refractivity contribution in [2.24, 2.45) is 0 Å². The van der Waals surface area contributed by atoms with Gasteiger partial charge in [0.2, 0.25) is 11.5 Å². The van der Waals surface area contributed by atoms with Gasteiger partial charge in [0.05, 0.1) is 10.9 Å². The Labute approximate surface area is 79.3 Å². The van der Waals surface area contributed by atoms with Crippen LogP contribution in [0, 0.1) is 0 Å². The Morgan fingerprint density at radius 2 is 2.07 bits per heavy atom. The molecule has 0 unspecified atom stereocenters. The number of rotatable bonds is 0. The smallest absolute Gasteiger partial charge is 0.231 e. The number of nitrogens with zero attached hydrogens (tertiary/aromatic N) is 2. The maximum atomic E-state index is 5.60. The fourth-order valence-electron chi connectivity index (χ4n) is 1.50. The summed E-state index contributed by atoms with van der Waals surface area (Å²) in [6.07, 6.45) is 0. The Hall–Kier alpha value is -2.10. The number of nitrogen functional groups attached to an aromatic ring is 1. The molecular formula is C10H7N3O. The molecule has 0 aliphatic rings. The maximum absolute atomic E-state index is 5.60. The number of fused-ring (bicyclic) bond motifs is 2. The van der Waals surface area contributed by atoms with Gasteiger partial charge in [-0.1, -0.05) is 23.4 Å². The van der Waals surface area contributed by atoms with Crippen molar-refractivity contribution >= 4 is 27.8 Å². The molecule has 14 heavy (non-hydrogen) atoms. The van der Waals surface area contributed by atoms with Crippen molar-refractivity contribution in [3.8, 4) is 0 Å². The molecule has 0 aliphatic carbocycles. The van der Waals surface area contributed by atoms with E-state index < -0.39 is 0 Å². The normalized spacial score (nSPS) is 11.1. The molecule has 4 heteroatoms. The molecule has 0 aliphatic heterocycles. The summed E-state index contributed by atoms with van der Waals surface area (Å²) in [6.45, 7) is 0. The molecule has 0 radical (unpaired) electrons. The highest BCUT2D eigenvalue weighted by molar-refractivity contribution is 5.95. The summed E-state index contributed by atoms with van der Waals surface area (Å²) in [5.74, 6) is 0.318. The fraction of sp³-hybridized carbons (Fsp3) is 0. The summed E-state index contributed by atoms with van der Waals surface area (Å²) in [6, 6.07) is 9.74. The van der Waals surface area contributed by atoms with Gasteiger partial charge in [0.25, 0.3) is 0 Å². The van der Waals surface area contributed by atoms with E-state index in [1.807, 2.05) is 30.3 Å². The Kier molecular flexibility index (Phi) is 1.28. The zero-order chi connectivity index (χ0) is 9.54. The molecule has 0 saturated carbocycles. The van der Waals surface area contributed by atoms with E-state index in [9.17, 15) is 0 Å². The molecule has 0 fully saturated rings. The summed E-state index contributed by atoms with van der Waals surface area (Å²) < 4.78 is 4.85. The highest BCUT2D eigenvalue weighted by atomic mass is 16.5. The van der Waals surface area contributed by atoms with E-state index in [0.29, 0.717) is 11.5 Å². The zero-order valence-electron chi connectivity index (χ0n) is 7.27. The highest BCUT2D eigenvalue weighted by Crippen LogP contribution is 2.23. The van der Waals surface area contributed by atoms with Crippen molar-refractivity contribution in [3.63, 3.8) is 0 Å². The van der Waals surface area contributed by atoms with Crippen molar-refractivity contribution in [1.29, 1.82) is 0 Å². The lowest BCUT2D eigenvalue weighted by molar-refractivity contribution is 0.443. The van der Waals surface area contributed by atoms with E-state index in [-0.39, 0.29) is 0 Å². The fourth-order valence-corrected chi connectivity index (χ4v) is 1.50. The minimum Gasteiger partial charge on any atom is -0.367 e. The van der Waals surface area contributed by atoms with Gasteiger partial charge in [0.15, 0.2) is 0 Å². The van der Waals surface area contributed by atoms with Crippen LogP contribution in [0.3, 0.4) is 0 Å². The van der Waals surface area contributed by atoms with Crippen LogP contribution >= 0.6 is 0 Å². The minimum absolute atomic E-state index is 0.318. The number of pyridine rings is 1. The summed E-state index contributed by atoms with van der Waals surface area (Å²) in [5.41, 5.74) is 7.05. The topological polar surface area (TPSA) is 64.9 Å². The predicted molar refractivity (Wildman–Crippen MR) is 53.7 cm³/mol. The number of benzene rings is 1. The molecular weight excluding hydrogens is 178 g/mol. The second kappa shape index (κ2) is 2.45. The first-order valence-electron chi connectivity index (χ1n) is 4.25. The van der Waals surface area contributed by atoms with Gasteiger partial charge in [0, 0.05) is 5.39 Å². The van der Waals surface area contributed by atoms with Gasteiger partial charge in [0.1, 0.15) is 0 Å². The zero-order valence-corrected chi connectivity index (χ0v) is 7.27. The van der Waals surface area contributed by atoms with E-state index in [1.54, 1.807) is 0 Å². The van der Waals surface area contributed by atoms with Crippen LogP contribution in [-0.2, 0) is 0 Å². The van der Waals surface area contributed by atoms with Crippen molar-refractivity contribution in [2.75, 3.05) is 5.73 Å². The van der Waals surface area contributed by atoms with Crippen LogP contribution < -0.4 is 5.73 Å². The number of anilines is 1. The summed E-state index contributed by atoms with van der Waals surface area (Å²) >= 11 is 0. The monoisotopic (exact) mass is 185 g/mol. The molecule has 68 valence electrons. The number of para-hydroxylation sites is 1. The molecule has 0 bridgehead atoms. The predicted octanol–water partition coefficient (Wildman–Crippen LogP) is 1.96. The number of hydrogen-bond acceptors (Lipinski definition) is 4. The Morgan fingerprint density at radius 1 is 1.21 bits per heavy atom. The first-order chi connectivity index (χ1) is 6.84. The SMILES string of the molecule is Nc1onc2nc3ccccc3cc12. The largest absolute Gasteiger partial charge is 0.367 e. The Balaban J connectivity index is 2.54. The molecule has 0 atom stereocenters. The average molecular weight is 185 g/mol. The molecule has 2 aromatic heterocycles. The van der Waals surface area contributed by atoms with Crippen LogP contribution in [0.15, 0.2) is 34.9 Å². The van der Waals surface area contributed by atoms with Crippen molar-refractivity contribution in [2.45, 2.75) is 0 Å². The lowest BCUT2D eigenvalue weighted by Crippen LogP contribution is -1.83. The first kappa shape index (κ1) is 7.32. The summed E-state index contributed by atoms with van der Waals surface area (Å²) in [7, 11) is 0. The molecule has 3 aromatic rings. The number of nitrogens with two attached hydrogens (primary N) is 1. The lowest BCUT2D eigenvalue weighted by atomic mass is 10.2. The quantitative estimate of drug-likeness (QED) is 0.581. The summed E-state index contributed by atoms with van der Waals surface area (Å²) in [5, 5.41) is 5.56. The molecule has 2 N–H and O–H groups in total. The third-order valence-corrected chi connectivity index (χ3v) is 2.20. The van der Waals surface area contributed by atoms with E-state index in [0.717, 1.165) is 16.3 Å².